The Morgan fingerprint density at radius 3 is 2.62 bits per heavy atom. The first-order chi connectivity index (χ1) is 10.1. The molecule has 5 nitrogen and oxygen atoms in total. The molecule has 0 aliphatic carbocycles. The molecule has 1 aromatic carbocycles. The van der Waals surface area contributed by atoms with Gasteiger partial charge in [0.25, 0.3) is 0 Å². The Morgan fingerprint density at radius 2 is 2.00 bits per heavy atom. The highest BCUT2D eigenvalue weighted by Gasteiger charge is 2.20. The van der Waals surface area contributed by atoms with Crippen LogP contribution in [0, 0.1) is 0 Å². The zero-order chi connectivity index (χ0) is 15.2. The fourth-order valence-electron chi connectivity index (χ4n) is 2.58. The van der Waals surface area contributed by atoms with Crippen molar-refractivity contribution in [2.24, 2.45) is 0 Å². The maximum atomic E-state index is 12.4. The van der Waals surface area contributed by atoms with Crippen molar-refractivity contribution < 1.29 is 4.79 Å². The van der Waals surface area contributed by atoms with Gasteiger partial charge in [0.05, 0.1) is 6.54 Å². The lowest BCUT2D eigenvalue weighted by atomic mass is 10.2. The van der Waals surface area contributed by atoms with Gasteiger partial charge in [-0.15, -0.1) is 0 Å². The fraction of sp³-hybridized carbons (Fsp3) is 0.562. The summed E-state index contributed by atoms with van der Waals surface area (Å²) in [4.78, 5) is 18.8. The molecule has 1 amide bonds. The Balaban J connectivity index is 1.88. The third kappa shape index (κ3) is 4.72. The largest absolute Gasteiger partial charge is 0.399 e. The van der Waals surface area contributed by atoms with Crippen molar-refractivity contribution in [2.75, 3.05) is 52.0 Å². The second-order valence-corrected chi connectivity index (χ2v) is 5.73. The summed E-state index contributed by atoms with van der Waals surface area (Å²) in [5.41, 5.74) is 7.74. The highest BCUT2D eigenvalue weighted by atomic mass is 16.2. The van der Waals surface area contributed by atoms with Crippen molar-refractivity contribution in [3.05, 3.63) is 29.8 Å². The molecule has 116 valence electrons. The van der Waals surface area contributed by atoms with Gasteiger partial charge in [0, 0.05) is 38.4 Å². The van der Waals surface area contributed by atoms with Gasteiger partial charge in [-0.3, -0.25) is 9.69 Å². The maximum Gasteiger partial charge on any atom is 0.236 e. The minimum absolute atomic E-state index is 0.230. The van der Waals surface area contributed by atoms with Crippen molar-refractivity contribution in [3.63, 3.8) is 0 Å². The van der Waals surface area contributed by atoms with Crippen LogP contribution < -0.4 is 5.73 Å². The third-order valence-corrected chi connectivity index (χ3v) is 4.02. The summed E-state index contributed by atoms with van der Waals surface area (Å²) in [5, 5.41) is 0. The molecule has 1 fully saturated rings. The number of piperazine rings is 1. The van der Waals surface area contributed by atoms with Crippen molar-refractivity contribution in [2.45, 2.75) is 13.5 Å². The van der Waals surface area contributed by atoms with Gasteiger partial charge in [-0.1, -0.05) is 19.1 Å². The number of hydrogen-bond donors (Lipinski definition) is 1. The lowest BCUT2D eigenvalue weighted by Crippen LogP contribution is -2.50. The van der Waals surface area contributed by atoms with Gasteiger partial charge in [0.1, 0.15) is 0 Å². The molecule has 0 atom stereocenters. The number of nitrogens with two attached hydrogens (primary N) is 1. The number of anilines is 1. The van der Waals surface area contributed by atoms with Crippen molar-refractivity contribution >= 4 is 11.6 Å². The molecule has 0 radical (unpaired) electrons. The number of nitrogens with zero attached hydrogens (tertiary/aromatic N) is 3. The van der Waals surface area contributed by atoms with Crippen LogP contribution in [0.4, 0.5) is 5.69 Å². The van der Waals surface area contributed by atoms with Crippen LogP contribution in [0.25, 0.3) is 0 Å². The Labute approximate surface area is 127 Å². The van der Waals surface area contributed by atoms with Gasteiger partial charge < -0.3 is 15.5 Å². The Morgan fingerprint density at radius 1 is 1.29 bits per heavy atom. The summed E-state index contributed by atoms with van der Waals surface area (Å²) < 4.78 is 0. The third-order valence-electron chi connectivity index (χ3n) is 4.02. The van der Waals surface area contributed by atoms with E-state index in [0.717, 1.165) is 50.5 Å². The molecule has 0 spiro atoms. The number of benzene rings is 1. The lowest BCUT2D eigenvalue weighted by molar-refractivity contribution is -0.134. The zero-order valence-electron chi connectivity index (χ0n) is 13.1. The molecule has 0 saturated carbocycles. The molecule has 2 N–H and O–H groups in total. The smallest absolute Gasteiger partial charge is 0.236 e. The van der Waals surface area contributed by atoms with Gasteiger partial charge >= 0.3 is 0 Å². The van der Waals surface area contributed by atoms with Gasteiger partial charge in [-0.25, -0.2) is 0 Å². The van der Waals surface area contributed by atoms with Crippen molar-refractivity contribution in [1.29, 1.82) is 0 Å². The molecule has 0 aromatic heterocycles. The number of hydrogen-bond acceptors (Lipinski definition) is 4. The second-order valence-electron chi connectivity index (χ2n) is 5.73. The summed E-state index contributed by atoms with van der Waals surface area (Å²) >= 11 is 0. The van der Waals surface area contributed by atoms with Crippen molar-refractivity contribution in [3.8, 4) is 0 Å². The van der Waals surface area contributed by atoms with Crippen LogP contribution in [0.1, 0.15) is 12.5 Å². The van der Waals surface area contributed by atoms with Crippen LogP contribution >= 0.6 is 0 Å². The molecule has 1 aliphatic heterocycles. The first-order valence-corrected chi connectivity index (χ1v) is 7.61. The van der Waals surface area contributed by atoms with E-state index in [9.17, 15) is 4.79 Å². The molecule has 0 bridgehead atoms. The standard InChI is InChI=1S/C16H26N4O/c1-3-19(12-14-5-4-6-15(17)11-14)13-16(21)20-9-7-18(2)8-10-20/h4-6,11H,3,7-10,12-13,17H2,1-2H3. The van der Waals surface area contributed by atoms with E-state index in [1.54, 1.807) is 0 Å². The van der Waals surface area contributed by atoms with E-state index in [1.807, 2.05) is 23.1 Å². The monoisotopic (exact) mass is 290 g/mol. The molecule has 1 aliphatic rings. The van der Waals surface area contributed by atoms with Crippen LogP contribution in [0.15, 0.2) is 24.3 Å². The van der Waals surface area contributed by atoms with E-state index in [1.165, 1.54) is 0 Å². The molecule has 2 rings (SSSR count). The molecule has 1 heterocycles. The maximum absolute atomic E-state index is 12.4. The minimum Gasteiger partial charge on any atom is -0.399 e. The molecule has 0 unspecified atom stereocenters. The molecule has 1 aromatic rings. The summed E-state index contributed by atoms with van der Waals surface area (Å²) in [6.07, 6.45) is 0. The van der Waals surface area contributed by atoms with Gasteiger partial charge in [-0.05, 0) is 31.3 Å². The van der Waals surface area contributed by atoms with Crippen LogP contribution in [-0.2, 0) is 11.3 Å². The highest BCUT2D eigenvalue weighted by molar-refractivity contribution is 5.78. The van der Waals surface area contributed by atoms with Crippen molar-refractivity contribution in [1.82, 2.24) is 14.7 Å². The van der Waals surface area contributed by atoms with E-state index in [-0.39, 0.29) is 5.91 Å². The molecule has 21 heavy (non-hydrogen) atoms. The fourth-order valence-corrected chi connectivity index (χ4v) is 2.58. The second kappa shape index (κ2) is 7.43. The number of carbonyl (C=O) groups is 1. The highest BCUT2D eigenvalue weighted by Crippen LogP contribution is 2.10. The topological polar surface area (TPSA) is 52.8 Å². The van der Waals surface area contributed by atoms with Gasteiger partial charge in [0.2, 0.25) is 5.91 Å². The van der Waals surface area contributed by atoms with Gasteiger partial charge in [-0.2, -0.15) is 0 Å². The van der Waals surface area contributed by atoms with E-state index in [4.69, 9.17) is 5.73 Å². The Kier molecular flexibility index (Phi) is 5.59. The summed E-state index contributed by atoms with van der Waals surface area (Å²) in [6, 6.07) is 7.87. The number of amides is 1. The Bertz CT molecular complexity index is 469. The number of carbonyl (C=O) groups excluding carboxylic acids is 1. The van der Waals surface area contributed by atoms with E-state index in [2.05, 4.69) is 29.8 Å². The normalized spacial score (nSPS) is 16.4. The molecular formula is C16H26N4O. The van der Waals surface area contributed by atoms with E-state index >= 15 is 0 Å². The quantitative estimate of drug-likeness (QED) is 0.818. The lowest BCUT2D eigenvalue weighted by Gasteiger charge is -2.33. The molecule has 1 saturated heterocycles. The summed E-state index contributed by atoms with van der Waals surface area (Å²) in [6.45, 7) is 7.80. The van der Waals surface area contributed by atoms with Gasteiger partial charge in [0.15, 0.2) is 0 Å². The SMILES string of the molecule is CCN(CC(=O)N1CCN(C)CC1)Cc1cccc(N)c1. The van der Waals surface area contributed by atoms with Crippen LogP contribution in [0.5, 0.6) is 0 Å². The van der Waals surface area contributed by atoms with Crippen LogP contribution in [0.2, 0.25) is 0 Å². The molecular weight excluding hydrogens is 264 g/mol. The Hall–Kier alpha value is -1.59. The predicted molar refractivity (Wildman–Crippen MR) is 85.9 cm³/mol. The zero-order valence-corrected chi connectivity index (χ0v) is 13.1. The first-order valence-electron chi connectivity index (χ1n) is 7.61. The first kappa shape index (κ1) is 15.8. The summed E-state index contributed by atoms with van der Waals surface area (Å²) in [5.74, 6) is 0.230. The summed E-state index contributed by atoms with van der Waals surface area (Å²) in [7, 11) is 2.10. The van der Waals surface area contributed by atoms with Crippen LogP contribution in [0.3, 0.4) is 0 Å². The predicted octanol–water partition coefficient (Wildman–Crippen LogP) is 0.865. The van der Waals surface area contributed by atoms with Crippen LogP contribution in [-0.4, -0.2) is 66.9 Å². The molecule has 5 heteroatoms. The average Bonchev–Trinajstić information content (AvgIpc) is 2.47. The minimum atomic E-state index is 0.230. The average molecular weight is 290 g/mol. The van der Waals surface area contributed by atoms with E-state index < -0.39 is 0 Å². The van der Waals surface area contributed by atoms with E-state index in [0.29, 0.717) is 6.54 Å². The number of nitrogen functional groups attached to an aromatic ring is 1. The number of likely N-dealkylation sites (N-methyl/N-ethyl adjacent to an activating group) is 2. The number of rotatable bonds is 5.